The maximum absolute atomic E-state index is 10.8. The van der Waals surface area contributed by atoms with Crippen LogP contribution in [0.3, 0.4) is 0 Å². The van der Waals surface area contributed by atoms with Crippen LogP contribution in [0, 0.1) is 6.92 Å². The van der Waals surface area contributed by atoms with Crippen LogP contribution in [0.4, 0.5) is 0 Å². The van der Waals surface area contributed by atoms with Crippen molar-refractivity contribution in [3.8, 4) is 10.4 Å². The maximum atomic E-state index is 10.8. The molecule has 0 aliphatic heterocycles. The van der Waals surface area contributed by atoms with Gasteiger partial charge < -0.3 is 5.11 Å². The second-order valence-corrected chi connectivity index (χ2v) is 4.58. The normalized spacial score (nSPS) is 10.2. The van der Waals surface area contributed by atoms with Gasteiger partial charge in [-0.15, -0.1) is 11.3 Å². The number of aromatic carboxylic acids is 1. The number of rotatable bonds is 2. The molecule has 1 aromatic carbocycles. The predicted molar refractivity (Wildman–Crippen MR) is 61.5 cm³/mol. The minimum atomic E-state index is -0.884. The molecule has 0 radical (unpaired) electrons. The topological polar surface area (TPSA) is 37.3 Å². The zero-order valence-electron chi connectivity index (χ0n) is 8.23. The van der Waals surface area contributed by atoms with E-state index < -0.39 is 5.97 Å². The van der Waals surface area contributed by atoms with Crippen LogP contribution in [0.2, 0.25) is 0 Å². The van der Waals surface area contributed by atoms with E-state index in [4.69, 9.17) is 5.11 Å². The monoisotopic (exact) mass is 218 g/mol. The average Bonchev–Trinajstić information content (AvgIpc) is 2.65. The first-order valence-corrected chi connectivity index (χ1v) is 5.38. The maximum Gasteiger partial charge on any atom is 0.335 e. The number of benzene rings is 1. The molecule has 0 saturated carbocycles. The van der Waals surface area contributed by atoms with Crippen molar-refractivity contribution in [1.82, 2.24) is 0 Å². The molecule has 0 aliphatic rings. The Balaban J connectivity index is 2.45. The number of aryl methyl sites for hydroxylation is 1. The number of carboxylic acid groups (broad SMARTS) is 1. The number of thiophene rings is 1. The fourth-order valence-electron chi connectivity index (χ4n) is 1.40. The van der Waals surface area contributed by atoms with Gasteiger partial charge in [0.05, 0.1) is 5.56 Å². The van der Waals surface area contributed by atoms with Crippen LogP contribution in [-0.2, 0) is 0 Å². The zero-order chi connectivity index (χ0) is 10.8. The fraction of sp³-hybridized carbons (Fsp3) is 0.0833. The van der Waals surface area contributed by atoms with Crippen molar-refractivity contribution in [2.24, 2.45) is 0 Å². The molecule has 0 saturated heterocycles. The lowest BCUT2D eigenvalue weighted by Crippen LogP contribution is -1.95. The van der Waals surface area contributed by atoms with Gasteiger partial charge in [-0.1, -0.05) is 12.1 Å². The summed E-state index contributed by atoms with van der Waals surface area (Å²) in [5, 5.41) is 8.86. The van der Waals surface area contributed by atoms with Crippen molar-refractivity contribution in [3.63, 3.8) is 0 Å². The van der Waals surface area contributed by atoms with E-state index in [1.54, 1.807) is 29.5 Å². The van der Waals surface area contributed by atoms with Gasteiger partial charge in [0.25, 0.3) is 0 Å². The van der Waals surface area contributed by atoms with Crippen LogP contribution in [0.5, 0.6) is 0 Å². The third-order valence-electron chi connectivity index (χ3n) is 2.13. The second kappa shape index (κ2) is 3.87. The lowest BCUT2D eigenvalue weighted by atomic mass is 10.1. The van der Waals surface area contributed by atoms with E-state index in [1.165, 1.54) is 4.88 Å². The van der Waals surface area contributed by atoms with Gasteiger partial charge >= 0.3 is 5.97 Å². The highest BCUT2D eigenvalue weighted by Gasteiger charge is 2.05. The molecule has 76 valence electrons. The average molecular weight is 218 g/mol. The van der Waals surface area contributed by atoms with E-state index in [0.717, 1.165) is 10.4 Å². The molecular weight excluding hydrogens is 208 g/mol. The van der Waals surface area contributed by atoms with Gasteiger partial charge in [-0.25, -0.2) is 4.79 Å². The van der Waals surface area contributed by atoms with Gasteiger partial charge in [-0.3, -0.25) is 0 Å². The molecule has 0 unspecified atom stereocenters. The summed E-state index contributed by atoms with van der Waals surface area (Å²) in [6.07, 6.45) is 0. The predicted octanol–water partition coefficient (Wildman–Crippen LogP) is 3.42. The summed E-state index contributed by atoms with van der Waals surface area (Å²) in [6.45, 7) is 2.04. The number of carbonyl (C=O) groups is 1. The first-order valence-electron chi connectivity index (χ1n) is 4.57. The van der Waals surface area contributed by atoms with E-state index in [-0.39, 0.29) is 0 Å². The summed E-state index contributed by atoms with van der Waals surface area (Å²) < 4.78 is 0. The van der Waals surface area contributed by atoms with Crippen LogP contribution >= 0.6 is 11.3 Å². The van der Waals surface area contributed by atoms with Gasteiger partial charge in [-0.05, 0) is 36.8 Å². The van der Waals surface area contributed by atoms with E-state index in [2.05, 4.69) is 0 Å². The Labute approximate surface area is 91.8 Å². The van der Waals surface area contributed by atoms with Gasteiger partial charge in [0.1, 0.15) is 0 Å². The van der Waals surface area contributed by atoms with E-state index in [0.29, 0.717) is 5.56 Å². The Morgan fingerprint density at radius 3 is 2.67 bits per heavy atom. The number of hydrogen-bond acceptors (Lipinski definition) is 2. The summed E-state index contributed by atoms with van der Waals surface area (Å²) in [5.41, 5.74) is 1.30. The Hall–Kier alpha value is -1.61. The molecule has 0 fully saturated rings. The third-order valence-corrected chi connectivity index (χ3v) is 3.18. The van der Waals surface area contributed by atoms with Crippen molar-refractivity contribution < 1.29 is 9.90 Å². The van der Waals surface area contributed by atoms with Gasteiger partial charge in [-0.2, -0.15) is 0 Å². The zero-order valence-corrected chi connectivity index (χ0v) is 9.04. The highest BCUT2D eigenvalue weighted by molar-refractivity contribution is 7.15. The Kier molecular flexibility index (Phi) is 2.56. The van der Waals surface area contributed by atoms with Crippen LogP contribution in [0.1, 0.15) is 15.2 Å². The molecule has 3 heteroatoms. The Bertz CT molecular complexity index is 500. The smallest absolute Gasteiger partial charge is 0.335 e. The molecular formula is C12H10O2S. The lowest BCUT2D eigenvalue weighted by Gasteiger charge is -1.99. The molecule has 2 aromatic rings. The number of hydrogen-bond donors (Lipinski definition) is 1. The van der Waals surface area contributed by atoms with Crippen molar-refractivity contribution in [2.75, 3.05) is 0 Å². The molecule has 1 aromatic heterocycles. The van der Waals surface area contributed by atoms with E-state index >= 15 is 0 Å². The summed E-state index contributed by atoms with van der Waals surface area (Å²) in [6, 6.07) is 11.1. The minimum Gasteiger partial charge on any atom is -0.478 e. The van der Waals surface area contributed by atoms with Gasteiger partial charge in [0, 0.05) is 9.75 Å². The van der Waals surface area contributed by atoms with Crippen LogP contribution in [0.15, 0.2) is 36.4 Å². The molecule has 0 bridgehead atoms. The van der Waals surface area contributed by atoms with Crippen LogP contribution in [0.25, 0.3) is 10.4 Å². The first-order chi connectivity index (χ1) is 7.16. The molecule has 1 N–H and O–H groups in total. The van der Waals surface area contributed by atoms with Crippen molar-refractivity contribution in [3.05, 3.63) is 46.8 Å². The molecule has 2 nitrogen and oxygen atoms in total. The number of carboxylic acids is 1. The first kappa shape index (κ1) is 9.93. The molecule has 15 heavy (non-hydrogen) atoms. The third kappa shape index (κ3) is 2.07. The quantitative estimate of drug-likeness (QED) is 0.838. The summed E-state index contributed by atoms with van der Waals surface area (Å²) in [4.78, 5) is 13.1. The van der Waals surface area contributed by atoms with Crippen LogP contribution in [-0.4, -0.2) is 11.1 Å². The Morgan fingerprint density at radius 2 is 2.07 bits per heavy atom. The molecule has 0 amide bonds. The van der Waals surface area contributed by atoms with Gasteiger partial charge in [0.2, 0.25) is 0 Å². The minimum absolute atomic E-state index is 0.332. The lowest BCUT2D eigenvalue weighted by molar-refractivity contribution is 0.0697. The SMILES string of the molecule is Cc1ccc(-c2cccc(C(=O)O)c2)s1. The molecule has 1 heterocycles. The highest BCUT2D eigenvalue weighted by Crippen LogP contribution is 2.27. The Morgan fingerprint density at radius 1 is 1.27 bits per heavy atom. The van der Waals surface area contributed by atoms with Crippen LogP contribution < -0.4 is 0 Å². The fourth-order valence-corrected chi connectivity index (χ4v) is 2.26. The van der Waals surface area contributed by atoms with Gasteiger partial charge in [0.15, 0.2) is 0 Å². The summed E-state index contributed by atoms with van der Waals surface area (Å²) in [7, 11) is 0. The van der Waals surface area contributed by atoms with Crippen molar-refractivity contribution >= 4 is 17.3 Å². The molecule has 2 rings (SSSR count). The second-order valence-electron chi connectivity index (χ2n) is 3.30. The summed E-state index contributed by atoms with van der Waals surface area (Å²) >= 11 is 1.67. The summed E-state index contributed by atoms with van der Waals surface area (Å²) in [5.74, 6) is -0.884. The molecule has 0 spiro atoms. The molecule has 0 aliphatic carbocycles. The highest BCUT2D eigenvalue weighted by atomic mass is 32.1. The van der Waals surface area contributed by atoms with E-state index in [1.807, 2.05) is 25.1 Å². The largest absolute Gasteiger partial charge is 0.478 e. The van der Waals surface area contributed by atoms with Crippen molar-refractivity contribution in [1.29, 1.82) is 0 Å². The molecule has 0 atom stereocenters. The van der Waals surface area contributed by atoms with E-state index in [9.17, 15) is 4.79 Å². The van der Waals surface area contributed by atoms with Crippen molar-refractivity contribution in [2.45, 2.75) is 6.92 Å². The standard InChI is InChI=1S/C12H10O2S/c1-8-5-6-11(15-8)9-3-2-4-10(7-9)12(13)14/h2-7H,1H3,(H,13,14).